The smallest absolute Gasteiger partial charge is 0.392 e. The monoisotopic (exact) mass is 404 g/mol. The molecule has 0 amide bonds. The van der Waals surface area contributed by atoms with Crippen molar-refractivity contribution in [1.29, 1.82) is 0 Å². The van der Waals surface area contributed by atoms with Crippen LogP contribution in [0.1, 0.15) is 18.9 Å². The largest absolute Gasteiger partial charge is 0.490 e. The van der Waals surface area contributed by atoms with Gasteiger partial charge in [0.1, 0.15) is 0 Å². The molecule has 1 aromatic carbocycles. The first-order valence-corrected chi connectivity index (χ1v) is 7.49. The van der Waals surface area contributed by atoms with Crippen LogP contribution in [0.4, 0.5) is 13.2 Å². The summed E-state index contributed by atoms with van der Waals surface area (Å²) in [5.74, 6) is 0.740. The van der Waals surface area contributed by atoms with E-state index in [0.29, 0.717) is 27.9 Å². The number of halogens is 5. The van der Waals surface area contributed by atoms with Gasteiger partial charge < -0.3 is 9.47 Å². The van der Waals surface area contributed by atoms with Crippen molar-refractivity contribution in [3.63, 3.8) is 0 Å². The van der Waals surface area contributed by atoms with Crippen LogP contribution in [0.3, 0.4) is 0 Å². The van der Waals surface area contributed by atoms with Gasteiger partial charge in [0, 0.05) is 5.33 Å². The van der Waals surface area contributed by atoms with Crippen LogP contribution in [0, 0.1) is 0 Å². The molecule has 19 heavy (non-hydrogen) atoms. The van der Waals surface area contributed by atoms with Crippen LogP contribution < -0.4 is 9.47 Å². The van der Waals surface area contributed by atoms with Crippen molar-refractivity contribution in [3.05, 3.63) is 22.2 Å². The lowest BCUT2D eigenvalue weighted by atomic mass is 10.2. The van der Waals surface area contributed by atoms with E-state index >= 15 is 0 Å². The molecule has 0 aliphatic heterocycles. The van der Waals surface area contributed by atoms with Crippen molar-refractivity contribution in [2.24, 2.45) is 0 Å². The predicted octanol–water partition coefficient (Wildman–Crippen LogP) is 5.07. The van der Waals surface area contributed by atoms with E-state index < -0.39 is 19.2 Å². The molecule has 0 bridgehead atoms. The Hall–Kier alpha value is -0.430. The standard InChI is InChI=1S/C12H13Br2F3O2/c1-2-18-10-6-8(7-13)5-9(14)11(10)19-4-3-12(15,16)17/h5-6H,2-4,7H2,1H3. The first-order valence-electron chi connectivity index (χ1n) is 5.58. The summed E-state index contributed by atoms with van der Waals surface area (Å²) in [7, 11) is 0. The molecule has 0 radical (unpaired) electrons. The first-order chi connectivity index (χ1) is 8.87. The molecule has 0 fully saturated rings. The van der Waals surface area contributed by atoms with Crippen molar-refractivity contribution in [3.8, 4) is 11.5 Å². The zero-order valence-electron chi connectivity index (χ0n) is 10.2. The third-order valence-electron chi connectivity index (χ3n) is 2.16. The third kappa shape index (κ3) is 5.60. The molecule has 0 aliphatic rings. The Labute approximate surface area is 126 Å². The van der Waals surface area contributed by atoms with E-state index in [4.69, 9.17) is 9.47 Å². The second-order valence-corrected chi connectivity index (χ2v) is 5.10. The zero-order valence-corrected chi connectivity index (χ0v) is 13.4. The van der Waals surface area contributed by atoms with Gasteiger partial charge in [-0.05, 0) is 40.5 Å². The number of rotatable bonds is 6. The Morgan fingerprint density at radius 2 is 1.89 bits per heavy atom. The number of benzene rings is 1. The molecular weight excluding hydrogens is 393 g/mol. The summed E-state index contributed by atoms with van der Waals surface area (Å²) in [5, 5.41) is 0.620. The molecule has 0 spiro atoms. The van der Waals surface area contributed by atoms with Crippen LogP contribution >= 0.6 is 31.9 Å². The molecule has 0 atom stereocenters. The minimum atomic E-state index is -4.23. The van der Waals surface area contributed by atoms with Gasteiger partial charge in [0.25, 0.3) is 0 Å². The molecule has 0 saturated heterocycles. The van der Waals surface area contributed by atoms with Crippen LogP contribution in [0.2, 0.25) is 0 Å². The highest BCUT2D eigenvalue weighted by Crippen LogP contribution is 2.38. The van der Waals surface area contributed by atoms with Crippen molar-refractivity contribution in [2.45, 2.75) is 24.9 Å². The van der Waals surface area contributed by atoms with Crippen LogP contribution in [0.15, 0.2) is 16.6 Å². The van der Waals surface area contributed by atoms with E-state index in [-0.39, 0.29) is 0 Å². The molecule has 7 heteroatoms. The Kier molecular flexibility index (Phi) is 6.46. The summed E-state index contributed by atoms with van der Waals surface area (Å²) in [6.45, 7) is 1.78. The van der Waals surface area contributed by atoms with Gasteiger partial charge in [0.15, 0.2) is 11.5 Å². The van der Waals surface area contributed by atoms with Crippen LogP contribution in [-0.2, 0) is 5.33 Å². The van der Waals surface area contributed by atoms with E-state index in [0.717, 1.165) is 5.56 Å². The highest BCUT2D eigenvalue weighted by Gasteiger charge is 2.27. The number of hydrogen-bond acceptors (Lipinski definition) is 2. The molecule has 1 rings (SSSR count). The SMILES string of the molecule is CCOc1cc(CBr)cc(Br)c1OCCC(F)(F)F. The van der Waals surface area contributed by atoms with E-state index in [1.165, 1.54) is 0 Å². The van der Waals surface area contributed by atoms with Gasteiger partial charge in [0.05, 0.1) is 24.1 Å². The van der Waals surface area contributed by atoms with Gasteiger partial charge in [-0.2, -0.15) is 13.2 Å². The summed E-state index contributed by atoms with van der Waals surface area (Å²) in [6, 6.07) is 3.52. The van der Waals surface area contributed by atoms with Crippen molar-refractivity contribution in [1.82, 2.24) is 0 Å². The van der Waals surface area contributed by atoms with Crippen molar-refractivity contribution < 1.29 is 22.6 Å². The fourth-order valence-corrected chi connectivity index (χ4v) is 2.30. The van der Waals surface area contributed by atoms with Gasteiger partial charge in [-0.1, -0.05) is 15.9 Å². The van der Waals surface area contributed by atoms with Crippen LogP contribution in [0.5, 0.6) is 11.5 Å². The van der Waals surface area contributed by atoms with Crippen LogP contribution in [0.25, 0.3) is 0 Å². The quantitative estimate of drug-likeness (QED) is 0.615. The fourth-order valence-electron chi connectivity index (χ4n) is 1.37. The number of hydrogen-bond donors (Lipinski definition) is 0. The second-order valence-electron chi connectivity index (χ2n) is 3.69. The zero-order chi connectivity index (χ0) is 14.5. The Bertz CT molecular complexity index is 422. The lowest BCUT2D eigenvalue weighted by molar-refractivity contribution is -0.139. The summed E-state index contributed by atoms with van der Waals surface area (Å²) in [6.07, 6.45) is -5.22. The molecule has 108 valence electrons. The highest BCUT2D eigenvalue weighted by atomic mass is 79.9. The van der Waals surface area contributed by atoms with E-state index in [9.17, 15) is 13.2 Å². The second kappa shape index (κ2) is 7.38. The molecule has 0 aromatic heterocycles. The molecule has 0 N–H and O–H groups in total. The maximum Gasteiger partial charge on any atom is 0.392 e. The first kappa shape index (κ1) is 16.6. The van der Waals surface area contributed by atoms with E-state index in [2.05, 4.69) is 31.9 Å². The maximum atomic E-state index is 12.1. The fraction of sp³-hybridized carbons (Fsp3) is 0.500. The minimum absolute atomic E-state index is 0.302. The van der Waals surface area contributed by atoms with Gasteiger partial charge in [-0.25, -0.2) is 0 Å². The third-order valence-corrected chi connectivity index (χ3v) is 3.39. The number of alkyl halides is 4. The molecule has 1 aromatic rings. The van der Waals surface area contributed by atoms with Crippen LogP contribution in [-0.4, -0.2) is 19.4 Å². The Balaban J connectivity index is 2.85. The van der Waals surface area contributed by atoms with Crippen molar-refractivity contribution >= 4 is 31.9 Å². The Morgan fingerprint density at radius 1 is 1.21 bits per heavy atom. The van der Waals surface area contributed by atoms with Gasteiger partial charge in [-0.3, -0.25) is 0 Å². The summed E-state index contributed by atoms with van der Waals surface area (Å²) in [4.78, 5) is 0. The molecule has 0 heterocycles. The summed E-state index contributed by atoms with van der Waals surface area (Å²) < 4.78 is 47.4. The Morgan fingerprint density at radius 3 is 2.42 bits per heavy atom. The molecule has 0 unspecified atom stereocenters. The highest BCUT2D eigenvalue weighted by molar-refractivity contribution is 9.10. The van der Waals surface area contributed by atoms with E-state index in [1.54, 1.807) is 19.1 Å². The van der Waals surface area contributed by atoms with Gasteiger partial charge in [-0.15, -0.1) is 0 Å². The lowest BCUT2D eigenvalue weighted by Gasteiger charge is -2.15. The topological polar surface area (TPSA) is 18.5 Å². The number of ether oxygens (including phenoxy) is 2. The summed E-state index contributed by atoms with van der Waals surface area (Å²) in [5.41, 5.74) is 0.943. The van der Waals surface area contributed by atoms with E-state index in [1.807, 2.05) is 0 Å². The van der Waals surface area contributed by atoms with Gasteiger partial charge >= 0.3 is 6.18 Å². The average molecular weight is 406 g/mol. The normalized spacial score (nSPS) is 11.5. The minimum Gasteiger partial charge on any atom is -0.490 e. The molecular formula is C12H13Br2F3O2. The summed E-state index contributed by atoms with van der Waals surface area (Å²) >= 11 is 6.60. The molecule has 0 aliphatic carbocycles. The van der Waals surface area contributed by atoms with Crippen molar-refractivity contribution in [2.75, 3.05) is 13.2 Å². The predicted molar refractivity (Wildman–Crippen MR) is 74.1 cm³/mol. The van der Waals surface area contributed by atoms with Gasteiger partial charge in [0.2, 0.25) is 0 Å². The maximum absolute atomic E-state index is 12.1. The molecule has 2 nitrogen and oxygen atoms in total. The molecule has 0 saturated carbocycles. The average Bonchev–Trinajstić information content (AvgIpc) is 2.31. The lowest BCUT2D eigenvalue weighted by Crippen LogP contribution is -2.13.